The Morgan fingerprint density at radius 3 is 2.74 bits per heavy atom. The van der Waals surface area contributed by atoms with E-state index in [-0.39, 0.29) is 5.82 Å². The van der Waals surface area contributed by atoms with Gasteiger partial charge in [-0.15, -0.1) is 0 Å². The van der Waals surface area contributed by atoms with Crippen LogP contribution in [0.5, 0.6) is 0 Å². The number of carbonyl (C=O) groups excluding carboxylic acids is 1. The third-order valence-corrected chi connectivity index (χ3v) is 3.50. The van der Waals surface area contributed by atoms with Gasteiger partial charge in [0.05, 0.1) is 10.2 Å². The van der Waals surface area contributed by atoms with Gasteiger partial charge in [0.2, 0.25) is 0 Å². The van der Waals surface area contributed by atoms with Crippen molar-refractivity contribution in [3.8, 4) is 0 Å². The molecule has 0 spiro atoms. The fraction of sp³-hybridized carbons (Fsp3) is 0.500. The summed E-state index contributed by atoms with van der Waals surface area (Å²) in [6.07, 6.45) is 0.953. The fourth-order valence-electron chi connectivity index (χ4n) is 2.11. The van der Waals surface area contributed by atoms with E-state index in [1.807, 2.05) is 20.8 Å². The minimum Gasteiger partial charge on any atom is -0.443 e. The van der Waals surface area contributed by atoms with Crippen LogP contribution in [0.25, 0.3) is 0 Å². The Kier molecular flexibility index (Phi) is 3.85. The molecular weight excluding hydrogens is 313 g/mol. The number of anilines is 1. The zero-order chi connectivity index (χ0) is 14.2. The third-order valence-electron chi connectivity index (χ3n) is 2.88. The number of amides is 1. The van der Waals surface area contributed by atoms with Gasteiger partial charge in [0.1, 0.15) is 11.4 Å². The molecule has 0 aromatic heterocycles. The Hall–Kier alpha value is -1.10. The number of carbonyl (C=O) groups is 1. The molecule has 0 radical (unpaired) electrons. The summed E-state index contributed by atoms with van der Waals surface area (Å²) in [6, 6.07) is 3.38. The SMILES string of the molecule is CC(C)(C)OC(=O)N1CCCc2c1ccc(Br)c2F. The number of hydrogen-bond donors (Lipinski definition) is 0. The lowest BCUT2D eigenvalue weighted by atomic mass is 10.0. The minimum absolute atomic E-state index is 0.286. The van der Waals surface area contributed by atoms with Crippen LogP contribution in [0.15, 0.2) is 16.6 Å². The van der Waals surface area contributed by atoms with Gasteiger partial charge in [0.15, 0.2) is 0 Å². The lowest BCUT2D eigenvalue weighted by Crippen LogP contribution is -2.40. The molecule has 5 heteroatoms. The molecule has 1 heterocycles. The van der Waals surface area contributed by atoms with Crippen LogP contribution < -0.4 is 4.90 Å². The van der Waals surface area contributed by atoms with Crippen molar-refractivity contribution < 1.29 is 13.9 Å². The molecule has 1 amide bonds. The Balaban J connectivity index is 2.33. The van der Waals surface area contributed by atoms with E-state index in [1.165, 1.54) is 4.90 Å². The summed E-state index contributed by atoms with van der Waals surface area (Å²) in [6.45, 7) is 6.01. The molecule has 1 aromatic carbocycles. The van der Waals surface area contributed by atoms with Crippen molar-refractivity contribution in [3.63, 3.8) is 0 Å². The van der Waals surface area contributed by atoms with Crippen LogP contribution in [0.4, 0.5) is 14.9 Å². The normalized spacial score (nSPS) is 15.1. The molecule has 0 fully saturated rings. The number of benzene rings is 1. The minimum atomic E-state index is -0.553. The van der Waals surface area contributed by atoms with Crippen LogP contribution in [0.3, 0.4) is 0 Å². The quantitative estimate of drug-likeness (QED) is 0.711. The molecule has 0 saturated carbocycles. The molecule has 0 unspecified atom stereocenters. The summed E-state index contributed by atoms with van der Waals surface area (Å²) < 4.78 is 19.8. The summed E-state index contributed by atoms with van der Waals surface area (Å²) in [4.78, 5) is 13.7. The summed E-state index contributed by atoms with van der Waals surface area (Å²) in [7, 11) is 0. The lowest BCUT2D eigenvalue weighted by Gasteiger charge is -2.32. The average Bonchev–Trinajstić information content (AvgIpc) is 2.31. The monoisotopic (exact) mass is 329 g/mol. The number of hydrogen-bond acceptors (Lipinski definition) is 2. The van der Waals surface area contributed by atoms with Crippen LogP contribution in [-0.4, -0.2) is 18.2 Å². The van der Waals surface area contributed by atoms with Gasteiger partial charge in [-0.3, -0.25) is 4.90 Å². The number of rotatable bonds is 0. The first kappa shape index (κ1) is 14.3. The second-order valence-corrected chi connectivity index (χ2v) is 6.45. The van der Waals surface area contributed by atoms with Crippen LogP contribution in [-0.2, 0) is 11.2 Å². The first-order valence-corrected chi connectivity index (χ1v) is 7.06. The fourth-order valence-corrected chi connectivity index (χ4v) is 2.49. The second kappa shape index (κ2) is 5.12. The highest BCUT2D eigenvalue weighted by atomic mass is 79.9. The highest BCUT2D eigenvalue weighted by Crippen LogP contribution is 2.33. The number of halogens is 2. The molecular formula is C14H17BrFNO2. The van der Waals surface area contributed by atoms with Gasteiger partial charge in [0, 0.05) is 12.1 Å². The van der Waals surface area contributed by atoms with E-state index in [4.69, 9.17) is 4.74 Å². The lowest BCUT2D eigenvalue weighted by molar-refractivity contribution is 0.0577. The van der Waals surface area contributed by atoms with Gasteiger partial charge in [-0.25, -0.2) is 9.18 Å². The Labute approximate surface area is 120 Å². The van der Waals surface area contributed by atoms with Crippen LogP contribution in [0.1, 0.15) is 32.8 Å². The molecule has 104 valence electrons. The van der Waals surface area contributed by atoms with E-state index in [0.29, 0.717) is 28.7 Å². The first-order chi connectivity index (χ1) is 8.79. The maximum absolute atomic E-state index is 14.0. The van der Waals surface area contributed by atoms with Gasteiger partial charge < -0.3 is 4.74 Å². The van der Waals surface area contributed by atoms with Gasteiger partial charge in [-0.1, -0.05) is 0 Å². The van der Waals surface area contributed by atoms with E-state index in [1.54, 1.807) is 12.1 Å². The highest BCUT2D eigenvalue weighted by molar-refractivity contribution is 9.10. The summed E-state index contributed by atoms with van der Waals surface area (Å²) in [5.74, 6) is -0.286. The summed E-state index contributed by atoms with van der Waals surface area (Å²) >= 11 is 3.17. The Morgan fingerprint density at radius 1 is 1.42 bits per heavy atom. The van der Waals surface area contributed by atoms with Crippen LogP contribution in [0, 0.1) is 5.82 Å². The molecule has 0 saturated heterocycles. The molecule has 0 N–H and O–H groups in total. The van der Waals surface area contributed by atoms with Crippen LogP contribution in [0.2, 0.25) is 0 Å². The van der Waals surface area contributed by atoms with Crippen molar-refractivity contribution in [3.05, 3.63) is 28.0 Å². The van der Waals surface area contributed by atoms with Crippen molar-refractivity contribution in [2.75, 3.05) is 11.4 Å². The van der Waals surface area contributed by atoms with Crippen molar-refractivity contribution in [2.45, 2.75) is 39.2 Å². The Bertz CT molecular complexity index is 511. The molecule has 1 aromatic rings. The topological polar surface area (TPSA) is 29.5 Å². The van der Waals surface area contributed by atoms with Crippen molar-refractivity contribution in [1.82, 2.24) is 0 Å². The molecule has 0 aliphatic carbocycles. The van der Waals surface area contributed by atoms with Crippen molar-refractivity contribution in [2.24, 2.45) is 0 Å². The molecule has 0 bridgehead atoms. The molecule has 19 heavy (non-hydrogen) atoms. The van der Waals surface area contributed by atoms with Gasteiger partial charge in [-0.05, 0) is 61.7 Å². The van der Waals surface area contributed by atoms with Gasteiger partial charge in [0.25, 0.3) is 0 Å². The second-order valence-electron chi connectivity index (χ2n) is 5.59. The molecule has 3 nitrogen and oxygen atoms in total. The van der Waals surface area contributed by atoms with E-state index in [2.05, 4.69) is 15.9 Å². The van der Waals surface area contributed by atoms with E-state index in [0.717, 1.165) is 6.42 Å². The first-order valence-electron chi connectivity index (χ1n) is 6.27. The molecule has 1 aliphatic heterocycles. The summed E-state index contributed by atoms with van der Waals surface area (Å²) in [5, 5.41) is 0. The van der Waals surface area contributed by atoms with Crippen molar-refractivity contribution >= 4 is 27.7 Å². The zero-order valence-corrected chi connectivity index (χ0v) is 12.9. The predicted molar refractivity (Wildman–Crippen MR) is 76.0 cm³/mol. The van der Waals surface area contributed by atoms with Gasteiger partial charge >= 0.3 is 6.09 Å². The number of nitrogens with zero attached hydrogens (tertiary/aromatic N) is 1. The average molecular weight is 330 g/mol. The Morgan fingerprint density at radius 2 is 2.11 bits per heavy atom. The maximum Gasteiger partial charge on any atom is 0.414 e. The van der Waals surface area contributed by atoms with Crippen LogP contribution >= 0.6 is 15.9 Å². The van der Waals surface area contributed by atoms with Gasteiger partial charge in [-0.2, -0.15) is 0 Å². The summed E-state index contributed by atoms with van der Waals surface area (Å²) in [5.41, 5.74) is 0.635. The maximum atomic E-state index is 14.0. The van der Waals surface area contributed by atoms with E-state index < -0.39 is 11.7 Å². The van der Waals surface area contributed by atoms with E-state index in [9.17, 15) is 9.18 Å². The number of ether oxygens (including phenoxy) is 1. The predicted octanol–water partition coefficient (Wildman–Crippen LogP) is 4.28. The number of fused-ring (bicyclic) bond motifs is 1. The molecule has 0 atom stereocenters. The van der Waals surface area contributed by atoms with E-state index >= 15 is 0 Å². The standard InChI is InChI=1S/C14H17BrFNO2/c1-14(2,3)19-13(18)17-8-4-5-9-11(17)7-6-10(15)12(9)16/h6-7H,4-5,8H2,1-3H3. The van der Waals surface area contributed by atoms with Crippen molar-refractivity contribution in [1.29, 1.82) is 0 Å². The smallest absolute Gasteiger partial charge is 0.414 e. The molecule has 1 aliphatic rings. The molecule has 2 rings (SSSR count). The third kappa shape index (κ3) is 3.08. The highest BCUT2D eigenvalue weighted by Gasteiger charge is 2.29. The largest absolute Gasteiger partial charge is 0.443 e. The zero-order valence-electron chi connectivity index (χ0n) is 11.3.